The number of anilines is 1. The number of halogens is 2. The van der Waals surface area contributed by atoms with Gasteiger partial charge in [0, 0.05) is 18.3 Å². The van der Waals surface area contributed by atoms with Gasteiger partial charge in [0.2, 0.25) is 5.91 Å². The van der Waals surface area contributed by atoms with Crippen molar-refractivity contribution >= 4 is 11.6 Å². The van der Waals surface area contributed by atoms with Gasteiger partial charge in [-0.15, -0.1) is 0 Å². The Balaban J connectivity index is 1.85. The maximum absolute atomic E-state index is 13.0. The summed E-state index contributed by atoms with van der Waals surface area (Å²) in [5.74, 6) is -2.02. The van der Waals surface area contributed by atoms with Crippen molar-refractivity contribution in [2.45, 2.75) is 19.4 Å². The van der Waals surface area contributed by atoms with Crippen molar-refractivity contribution in [1.82, 2.24) is 4.90 Å². The van der Waals surface area contributed by atoms with E-state index < -0.39 is 11.6 Å². The molecule has 6 heteroatoms. The van der Waals surface area contributed by atoms with Crippen LogP contribution in [0.1, 0.15) is 13.3 Å². The maximum atomic E-state index is 13.0. The van der Waals surface area contributed by atoms with Crippen molar-refractivity contribution in [3.05, 3.63) is 29.8 Å². The molecular weight excluding hydrogens is 266 g/mol. The summed E-state index contributed by atoms with van der Waals surface area (Å²) in [7, 11) is 0. The lowest BCUT2D eigenvalue weighted by Crippen LogP contribution is -2.32. The first-order valence-electron chi connectivity index (χ1n) is 6.61. The minimum Gasteiger partial charge on any atom is -0.393 e. The molecule has 1 aromatic carbocycles. The lowest BCUT2D eigenvalue weighted by molar-refractivity contribution is -0.117. The number of hydrogen-bond donors (Lipinski definition) is 2. The Hall–Kier alpha value is -1.53. The number of carbonyl (C=O) groups is 1. The molecule has 2 N–H and O–H groups in total. The van der Waals surface area contributed by atoms with Gasteiger partial charge in [-0.05, 0) is 37.9 Å². The zero-order chi connectivity index (χ0) is 14.7. The largest absolute Gasteiger partial charge is 0.393 e. The average molecular weight is 284 g/mol. The third-order valence-electron chi connectivity index (χ3n) is 3.56. The van der Waals surface area contributed by atoms with Crippen LogP contribution in [0.4, 0.5) is 14.5 Å². The van der Waals surface area contributed by atoms with Gasteiger partial charge in [0.25, 0.3) is 0 Å². The smallest absolute Gasteiger partial charge is 0.238 e. The Kier molecular flexibility index (Phi) is 4.67. The van der Waals surface area contributed by atoms with E-state index in [2.05, 4.69) is 5.32 Å². The minimum absolute atomic E-state index is 0.183. The number of hydrogen-bond acceptors (Lipinski definition) is 3. The molecule has 1 heterocycles. The van der Waals surface area contributed by atoms with Crippen LogP contribution in [0, 0.1) is 17.6 Å². The maximum Gasteiger partial charge on any atom is 0.238 e. The highest BCUT2D eigenvalue weighted by molar-refractivity contribution is 5.92. The van der Waals surface area contributed by atoms with E-state index in [0.717, 1.165) is 25.1 Å². The molecule has 1 aliphatic rings. The van der Waals surface area contributed by atoms with E-state index in [4.69, 9.17) is 0 Å². The van der Waals surface area contributed by atoms with Crippen molar-refractivity contribution in [3.63, 3.8) is 0 Å². The van der Waals surface area contributed by atoms with E-state index in [0.29, 0.717) is 6.54 Å². The molecule has 0 aromatic heterocycles. The number of amides is 1. The lowest BCUT2D eigenvalue weighted by atomic mass is 10.0. The van der Waals surface area contributed by atoms with E-state index >= 15 is 0 Å². The summed E-state index contributed by atoms with van der Waals surface area (Å²) in [5.41, 5.74) is 0.236. The second-order valence-electron chi connectivity index (χ2n) is 5.20. The summed E-state index contributed by atoms with van der Waals surface area (Å²) in [6.45, 7) is 3.35. The van der Waals surface area contributed by atoms with Crippen molar-refractivity contribution in [2.75, 3.05) is 25.0 Å². The van der Waals surface area contributed by atoms with E-state index in [-0.39, 0.29) is 30.2 Å². The van der Waals surface area contributed by atoms with Gasteiger partial charge in [-0.3, -0.25) is 9.69 Å². The number of aliphatic hydroxyl groups is 1. The number of nitrogens with one attached hydrogen (secondary N) is 1. The predicted molar refractivity (Wildman–Crippen MR) is 71.2 cm³/mol. The Morgan fingerprint density at radius 2 is 2.25 bits per heavy atom. The fraction of sp³-hybridized carbons (Fsp3) is 0.500. The molecule has 2 unspecified atom stereocenters. The van der Waals surface area contributed by atoms with Crippen LogP contribution in [0.2, 0.25) is 0 Å². The van der Waals surface area contributed by atoms with Gasteiger partial charge in [-0.1, -0.05) is 0 Å². The second kappa shape index (κ2) is 6.28. The van der Waals surface area contributed by atoms with Gasteiger partial charge in [-0.2, -0.15) is 0 Å². The molecule has 0 saturated carbocycles. The molecule has 0 aliphatic carbocycles. The number of benzene rings is 1. The summed E-state index contributed by atoms with van der Waals surface area (Å²) in [4.78, 5) is 13.7. The first-order valence-corrected chi connectivity index (χ1v) is 6.61. The first kappa shape index (κ1) is 14.9. The Morgan fingerprint density at radius 3 is 2.85 bits per heavy atom. The zero-order valence-corrected chi connectivity index (χ0v) is 11.3. The summed E-state index contributed by atoms with van der Waals surface area (Å²) < 4.78 is 25.8. The van der Waals surface area contributed by atoms with Crippen LogP contribution in [-0.4, -0.2) is 41.7 Å². The zero-order valence-electron chi connectivity index (χ0n) is 11.3. The van der Waals surface area contributed by atoms with Crippen molar-refractivity contribution in [2.24, 2.45) is 5.92 Å². The second-order valence-corrected chi connectivity index (χ2v) is 5.20. The molecule has 110 valence electrons. The molecule has 1 saturated heterocycles. The van der Waals surface area contributed by atoms with Crippen molar-refractivity contribution in [1.29, 1.82) is 0 Å². The molecule has 20 heavy (non-hydrogen) atoms. The molecule has 1 amide bonds. The van der Waals surface area contributed by atoms with Crippen LogP contribution < -0.4 is 5.32 Å². The average Bonchev–Trinajstić information content (AvgIpc) is 2.82. The number of rotatable bonds is 4. The highest BCUT2D eigenvalue weighted by atomic mass is 19.2. The first-order chi connectivity index (χ1) is 9.45. The van der Waals surface area contributed by atoms with Crippen LogP contribution in [0.3, 0.4) is 0 Å². The highest BCUT2D eigenvalue weighted by Gasteiger charge is 2.27. The Labute approximate surface area is 116 Å². The monoisotopic (exact) mass is 284 g/mol. The fourth-order valence-electron chi connectivity index (χ4n) is 2.38. The molecule has 1 aliphatic heterocycles. The summed E-state index contributed by atoms with van der Waals surface area (Å²) in [6.07, 6.45) is 0.477. The third kappa shape index (κ3) is 3.74. The molecule has 2 atom stereocenters. The lowest BCUT2D eigenvalue weighted by Gasteiger charge is -2.17. The molecule has 0 bridgehead atoms. The number of carbonyl (C=O) groups excluding carboxylic acids is 1. The molecule has 0 radical (unpaired) electrons. The van der Waals surface area contributed by atoms with Gasteiger partial charge in [0.1, 0.15) is 0 Å². The summed E-state index contributed by atoms with van der Waals surface area (Å²) in [6, 6.07) is 3.25. The summed E-state index contributed by atoms with van der Waals surface area (Å²) in [5, 5.41) is 12.0. The van der Waals surface area contributed by atoms with Gasteiger partial charge < -0.3 is 10.4 Å². The SMILES string of the molecule is CC(O)C1CCN(CC(=O)Nc2ccc(F)c(F)c2)C1. The normalized spacial score (nSPS) is 20.9. The third-order valence-corrected chi connectivity index (χ3v) is 3.56. The minimum atomic E-state index is -0.988. The predicted octanol–water partition coefficient (Wildman–Crippen LogP) is 1.61. The Bertz CT molecular complexity index is 494. The van der Waals surface area contributed by atoms with E-state index in [1.165, 1.54) is 6.07 Å². The topological polar surface area (TPSA) is 52.6 Å². The molecular formula is C14H18F2N2O2. The molecule has 4 nitrogen and oxygen atoms in total. The van der Waals surface area contributed by atoms with Crippen molar-refractivity contribution in [3.8, 4) is 0 Å². The Morgan fingerprint density at radius 1 is 1.50 bits per heavy atom. The van der Waals surface area contributed by atoms with E-state index in [1.54, 1.807) is 6.92 Å². The van der Waals surface area contributed by atoms with E-state index in [9.17, 15) is 18.7 Å². The van der Waals surface area contributed by atoms with Crippen LogP contribution in [0.25, 0.3) is 0 Å². The summed E-state index contributed by atoms with van der Waals surface area (Å²) >= 11 is 0. The highest BCUT2D eigenvalue weighted by Crippen LogP contribution is 2.19. The van der Waals surface area contributed by atoms with Gasteiger partial charge in [-0.25, -0.2) is 8.78 Å². The van der Waals surface area contributed by atoms with E-state index in [1.807, 2.05) is 4.90 Å². The van der Waals surface area contributed by atoms with Gasteiger partial charge >= 0.3 is 0 Å². The number of aliphatic hydroxyl groups excluding tert-OH is 1. The standard InChI is InChI=1S/C14H18F2N2O2/c1-9(19)10-4-5-18(7-10)8-14(20)17-11-2-3-12(15)13(16)6-11/h2-3,6,9-10,19H,4-5,7-8H2,1H3,(H,17,20). The fourth-order valence-corrected chi connectivity index (χ4v) is 2.38. The molecule has 1 fully saturated rings. The quantitative estimate of drug-likeness (QED) is 0.883. The van der Waals surface area contributed by atoms with Crippen LogP contribution in [0.5, 0.6) is 0 Å². The van der Waals surface area contributed by atoms with Crippen LogP contribution in [-0.2, 0) is 4.79 Å². The molecule has 0 spiro atoms. The molecule has 2 rings (SSSR count). The van der Waals surface area contributed by atoms with Gasteiger partial charge in [0.05, 0.1) is 12.6 Å². The van der Waals surface area contributed by atoms with Crippen molar-refractivity contribution < 1.29 is 18.7 Å². The van der Waals surface area contributed by atoms with Crippen LogP contribution >= 0.6 is 0 Å². The van der Waals surface area contributed by atoms with Crippen LogP contribution in [0.15, 0.2) is 18.2 Å². The number of nitrogens with zero attached hydrogens (tertiary/aromatic N) is 1. The van der Waals surface area contributed by atoms with Gasteiger partial charge in [0.15, 0.2) is 11.6 Å². The number of likely N-dealkylation sites (tertiary alicyclic amines) is 1. The molecule has 1 aromatic rings.